The van der Waals surface area contributed by atoms with Crippen LogP contribution in [-0.4, -0.2) is 37.9 Å². The van der Waals surface area contributed by atoms with Crippen molar-refractivity contribution in [3.05, 3.63) is 29.8 Å². The number of nitrogens with one attached hydrogen (secondary N) is 2. The molecule has 0 radical (unpaired) electrons. The standard InChI is InChI=1S/C14H16N2O4/c1-20-8-4-7-15-14(19)12(17)11-9-5-2-3-6-10(9)16-13(11)18/h2-3,5-6,11H,4,7-8H2,1H3,(H,15,19)(H,16,18)/t11-/m1/s1. The van der Waals surface area contributed by atoms with Crippen LogP contribution in [-0.2, 0) is 19.1 Å². The Balaban J connectivity index is 2.02. The summed E-state index contributed by atoms with van der Waals surface area (Å²) >= 11 is 0. The Morgan fingerprint density at radius 2 is 2.10 bits per heavy atom. The van der Waals surface area contributed by atoms with E-state index in [-0.39, 0.29) is 0 Å². The molecular formula is C14H16N2O4. The second kappa shape index (κ2) is 6.29. The zero-order chi connectivity index (χ0) is 14.5. The molecule has 0 saturated carbocycles. The highest BCUT2D eigenvalue weighted by Crippen LogP contribution is 2.32. The van der Waals surface area contributed by atoms with Crippen LogP contribution in [0.5, 0.6) is 0 Å². The molecule has 1 atom stereocenters. The van der Waals surface area contributed by atoms with Gasteiger partial charge in [0.05, 0.1) is 0 Å². The van der Waals surface area contributed by atoms with Gasteiger partial charge in [0, 0.05) is 25.9 Å². The molecule has 20 heavy (non-hydrogen) atoms. The number of carbonyl (C=O) groups is 3. The van der Waals surface area contributed by atoms with Gasteiger partial charge in [0.1, 0.15) is 5.92 Å². The summed E-state index contributed by atoms with van der Waals surface area (Å²) in [4.78, 5) is 35.7. The maximum Gasteiger partial charge on any atom is 0.288 e. The summed E-state index contributed by atoms with van der Waals surface area (Å²) in [6.45, 7) is 0.843. The van der Waals surface area contributed by atoms with E-state index >= 15 is 0 Å². The second-order valence-corrected chi connectivity index (χ2v) is 4.48. The van der Waals surface area contributed by atoms with Crippen LogP contribution in [0.4, 0.5) is 5.69 Å². The number of Topliss-reactive ketones (excluding diaryl/α,β-unsaturated/α-hetero) is 1. The molecule has 0 spiro atoms. The molecule has 2 amide bonds. The van der Waals surface area contributed by atoms with Gasteiger partial charge >= 0.3 is 0 Å². The molecule has 0 saturated heterocycles. The Morgan fingerprint density at radius 3 is 2.85 bits per heavy atom. The number of hydrogen-bond donors (Lipinski definition) is 2. The summed E-state index contributed by atoms with van der Waals surface area (Å²) < 4.78 is 4.85. The Hall–Kier alpha value is -2.21. The molecule has 1 heterocycles. The summed E-state index contributed by atoms with van der Waals surface area (Å²) in [5, 5.41) is 5.10. The molecule has 1 aromatic carbocycles. The van der Waals surface area contributed by atoms with Gasteiger partial charge in [-0.1, -0.05) is 18.2 Å². The molecular weight excluding hydrogens is 260 g/mol. The number of methoxy groups -OCH3 is 1. The van der Waals surface area contributed by atoms with Crippen LogP contribution in [0.1, 0.15) is 17.9 Å². The SMILES string of the molecule is COCCCNC(=O)C(=O)[C@@H]1C(=O)Nc2ccccc21. The molecule has 1 aliphatic rings. The first kappa shape index (κ1) is 14.2. The van der Waals surface area contributed by atoms with E-state index in [0.29, 0.717) is 30.8 Å². The van der Waals surface area contributed by atoms with Crippen molar-refractivity contribution in [3.63, 3.8) is 0 Å². The highest BCUT2D eigenvalue weighted by molar-refractivity contribution is 6.44. The number of ether oxygens (including phenoxy) is 1. The van der Waals surface area contributed by atoms with Crippen molar-refractivity contribution < 1.29 is 19.1 Å². The first-order chi connectivity index (χ1) is 9.65. The number of para-hydroxylation sites is 1. The van der Waals surface area contributed by atoms with Crippen molar-refractivity contribution >= 4 is 23.3 Å². The predicted octanol–water partition coefficient (Wildman–Crippen LogP) is 0.444. The molecule has 1 aromatic rings. The van der Waals surface area contributed by atoms with Crippen molar-refractivity contribution in [1.29, 1.82) is 0 Å². The molecule has 2 N–H and O–H groups in total. The van der Waals surface area contributed by atoms with E-state index in [4.69, 9.17) is 4.74 Å². The highest BCUT2D eigenvalue weighted by Gasteiger charge is 2.39. The highest BCUT2D eigenvalue weighted by atomic mass is 16.5. The minimum atomic E-state index is -1.05. The molecule has 0 bridgehead atoms. The van der Waals surface area contributed by atoms with Crippen LogP contribution in [0, 0.1) is 0 Å². The van der Waals surface area contributed by atoms with E-state index in [1.54, 1.807) is 31.4 Å². The van der Waals surface area contributed by atoms with Gasteiger partial charge < -0.3 is 15.4 Å². The van der Waals surface area contributed by atoms with E-state index in [9.17, 15) is 14.4 Å². The first-order valence-corrected chi connectivity index (χ1v) is 6.36. The molecule has 0 fully saturated rings. The molecule has 1 aliphatic heterocycles. The van der Waals surface area contributed by atoms with Crippen LogP contribution < -0.4 is 10.6 Å². The lowest BCUT2D eigenvalue weighted by molar-refractivity contribution is -0.140. The number of fused-ring (bicyclic) bond motifs is 1. The average Bonchev–Trinajstić information content (AvgIpc) is 2.78. The Bertz CT molecular complexity index is 542. The van der Waals surface area contributed by atoms with Gasteiger partial charge in [-0.15, -0.1) is 0 Å². The van der Waals surface area contributed by atoms with Gasteiger partial charge in [0.15, 0.2) is 0 Å². The van der Waals surface area contributed by atoms with Gasteiger partial charge in [-0.2, -0.15) is 0 Å². The van der Waals surface area contributed by atoms with Crippen molar-refractivity contribution in [3.8, 4) is 0 Å². The average molecular weight is 276 g/mol. The number of rotatable bonds is 6. The number of carbonyl (C=O) groups excluding carboxylic acids is 3. The third kappa shape index (κ3) is 2.85. The Kier molecular flexibility index (Phi) is 4.47. The van der Waals surface area contributed by atoms with Gasteiger partial charge in [0.25, 0.3) is 5.91 Å². The molecule has 0 aromatic heterocycles. The Labute approximate surface area is 116 Å². The van der Waals surface area contributed by atoms with E-state index < -0.39 is 23.5 Å². The van der Waals surface area contributed by atoms with Crippen molar-refractivity contribution in [2.45, 2.75) is 12.3 Å². The fourth-order valence-electron chi connectivity index (χ4n) is 2.11. The topological polar surface area (TPSA) is 84.5 Å². The van der Waals surface area contributed by atoms with E-state index in [1.165, 1.54) is 0 Å². The van der Waals surface area contributed by atoms with Crippen LogP contribution in [0.25, 0.3) is 0 Å². The quantitative estimate of drug-likeness (QED) is 0.449. The largest absolute Gasteiger partial charge is 0.385 e. The summed E-state index contributed by atoms with van der Waals surface area (Å²) in [5.41, 5.74) is 1.14. The minimum Gasteiger partial charge on any atom is -0.385 e. The monoisotopic (exact) mass is 276 g/mol. The Morgan fingerprint density at radius 1 is 1.35 bits per heavy atom. The second-order valence-electron chi connectivity index (χ2n) is 4.48. The summed E-state index contributed by atoms with van der Waals surface area (Å²) in [6.07, 6.45) is 0.614. The van der Waals surface area contributed by atoms with Crippen molar-refractivity contribution in [2.75, 3.05) is 25.6 Å². The minimum absolute atomic E-state index is 0.342. The summed E-state index contributed by atoms with van der Waals surface area (Å²) in [5.74, 6) is -2.97. The van der Waals surface area contributed by atoms with Gasteiger partial charge in [-0.3, -0.25) is 14.4 Å². The maximum atomic E-state index is 12.1. The van der Waals surface area contributed by atoms with Crippen LogP contribution in [0.15, 0.2) is 24.3 Å². The number of anilines is 1. The lowest BCUT2D eigenvalue weighted by Gasteiger charge is -2.08. The van der Waals surface area contributed by atoms with E-state index in [0.717, 1.165) is 0 Å². The normalized spacial score (nSPS) is 16.4. The number of hydrogen-bond acceptors (Lipinski definition) is 4. The third-order valence-corrected chi connectivity index (χ3v) is 3.09. The zero-order valence-corrected chi connectivity index (χ0v) is 11.1. The van der Waals surface area contributed by atoms with Crippen LogP contribution in [0.3, 0.4) is 0 Å². The van der Waals surface area contributed by atoms with Crippen molar-refractivity contribution in [1.82, 2.24) is 5.32 Å². The van der Waals surface area contributed by atoms with Crippen LogP contribution >= 0.6 is 0 Å². The smallest absolute Gasteiger partial charge is 0.288 e. The molecule has 0 aliphatic carbocycles. The van der Waals surface area contributed by atoms with Gasteiger partial charge in [0.2, 0.25) is 11.7 Å². The van der Waals surface area contributed by atoms with Crippen LogP contribution in [0.2, 0.25) is 0 Å². The molecule has 106 valence electrons. The van der Waals surface area contributed by atoms with Crippen molar-refractivity contribution in [2.24, 2.45) is 0 Å². The van der Waals surface area contributed by atoms with Gasteiger partial charge in [-0.25, -0.2) is 0 Å². The first-order valence-electron chi connectivity index (χ1n) is 6.36. The number of benzene rings is 1. The molecule has 0 unspecified atom stereocenters. The van der Waals surface area contributed by atoms with E-state index in [2.05, 4.69) is 10.6 Å². The lowest BCUT2D eigenvalue weighted by atomic mass is 9.95. The number of amides is 2. The maximum absolute atomic E-state index is 12.1. The number of ketones is 1. The summed E-state index contributed by atoms with van der Waals surface area (Å²) in [6, 6.07) is 6.87. The molecule has 6 nitrogen and oxygen atoms in total. The molecule has 2 rings (SSSR count). The fraction of sp³-hybridized carbons (Fsp3) is 0.357. The fourth-order valence-corrected chi connectivity index (χ4v) is 2.11. The molecule has 6 heteroatoms. The summed E-state index contributed by atoms with van der Waals surface area (Å²) in [7, 11) is 1.56. The van der Waals surface area contributed by atoms with E-state index in [1.807, 2.05) is 0 Å². The third-order valence-electron chi connectivity index (χ3n) is 3.09. The zero-order valence-electron chi connectivity index (χ0n) is 11.1. The lowest BCUT2D eigenvalue weighted by Crippen LogP contribution is -2.37. The predicted molar refractivity (Wildman–Crippen MR) is 72.3 cm³/mol. The van der Waals surface area contributed by atoms with Gasteiger partial charge in [-0.05, 0) is 18.1 Å².